The first-order valence-electron chi connectivity index (χ1n) is 10.9. The maximum Gasteiger partial charge on any atom is 0.179 e. The number of rotatable bonds is 7. The van der Waals surface area contributed by atoms with Crippen molar-refractivity contribution < 1.29 is 9.53 Å². The van der Waals surface area contributed by atoms with E-state index in [-0.39, 0.29) is 5.78 Å². The summed E-state index contributed by atoms with van der Waals surface area (Å²) in [6, 6.07) is 16.3. The minimum absolute atomic E-state index is 0.189. The predicted molar refractivity (Wildman–Crippen MR) is 127 cm³/mol. The number of piperazine rings is 1. The topological polar surface area (TPSA) is 37.7 Å². The molecule has 31 heavy (non-hydrogen) atoms. The van der Waals surface area contributed by atoms with Gasteiger partial charge < -0.3 is 9.30 Å². The highest BCUT2D eigenvalue weighted by molar-refractivity contribution is 6.10. The normalized spacial score (nSPS) is 15.7. The first-order valence-corrected chi connectivity index (χ1v) is 10.9. The number of aryl methyl sites for hydroxylation is 1. The highest BCUT2D eigenvalue weighted by Gasteiger charge is 2.23. The maximum atomic E-state index is 13.3. The molecule has 0 unspecified atom stereocenters. The number of carbonyl (C=O) groups excluding carboxylic acids is 1. The standard InChI is InChI=1S/C26H31N3O2/c1-20-26(23-18-22(31-3)11-12-24(23)27(20)2)25(30)19-29-16-14-28(15-17-29)13-7-10-21-8-5-4-6-9-21/h4-12,18H,13-17,19H2,1-3H3/b10-7+. The summed E-state index contributed by atoms with van der Waals surface area (Å²) in [6.45, 7) is 7.22. The Morgan fingerprint density at radius 2 is 1.74 bits per heavy atom. The van der Waals surface area contributed by atoms with E-state index in [1.807, 2.05) is 38.2 Å². The summed E-state index contributed by atoms with van der Waals surface area (Å²) in [5.41, 5.74) is 4.13. The SMILES string of the molecule is COc1ccc2c(c1)c(C(=O)CN1CCN(C/C=C/c3ccccc3)CC1)c(C)n2C. The highest BCUT2D eigenvalue weighted by atomic mass is 16.5. The van der Waals surface area contributed by atoms with E-state index in [1.54, 1.807) is 7.11 Å². The molecule has 2 aromatic carbocycles. The Morgan fingerprint density at radius 1 is 1.03 bits per heavy atom. The monoisotopic (exact) mass is 417 g/mol. The summed E-state index contributed by atoms with van der Waals surface area (Å²) in [5.74, 6) is 0.970. The lowest BCUT2D eigenvalue weighted by molar-refractivity contribution is 0.0866. The van der Waals surface area contributed by atoms with Crippen LogP contribution in [0.2, 0.25) is 0 Å². The van der Waals surface area contributed by atoms with Crippen LogP contribution < -0.4 is 4.74 Å². The Kier molecular flexibility index (Phi) is 6.54. The van der Waals surface area contributed by atoms with Crippen LogP contribution in [0.25, 0.3) is 17.0 Å². The van der Waals surface area contributed by atoms with Crippen LogP contribution in [-0.2, 0) is 7.05 Å². The van der Waals surface area contributed by atoms with Crippen molar-refractivity contribution >= 4 is 22.8 Å². The van der Waals surface area contributed by atoms with Crippen LogP contribution in [0, 0.1) is 6.92 Å². The van der Waals surface area contributed by atoms with Crippen molar-refractivity contribution in [2.75, 3.05) is 46.4 Å². The van der Waals surface area contributed by atoms with E-state index in [9.17, 15) is 4.79 Å². The molecule has 1 aliphatic rings. The number of hydrogen-bond donors (Lipinski definition) is 0. The van der Waals surface area contributed by atoms with Gasteiger partial charge in [-0.1, -0.05) is 42.5 Å². The molecule has 0 bridgehead atoms. The number of ether oxygens (including phenoxy) is 1. The van der Waals surface area contributed by atoms with Gasteiger partial charge >= 0.3 is 0 Å². The summed E-state index contributed by atoms with van der Waals surface area (Å²) in [4.78, 5) is 18.0. The first kappa shape index (κ1) is 21.3. The number of aromatic nitrogens is 1. The molecule has 2 heterocycles. The summed E-state index contributed by atoms with van der Waals surface area (Å²) >= 11 is 0. The largest absolute Gasteiger partial charge is 0.497 e. The zero-order valence-corrected chi connectivity index (χ0v) is 18.7. The Bertz CT molecular complexity index is 1080. The number of hydrogen-bond acceptors (Lipinski definition) is 4. The summed E-state index contributed by atoms with van der Waals surface area (Å²) < 4.78 is 7.48. The van der Waals surface area contributed by atoms with Crippen molar-refractivity contribution in [3.63, 3.8) is 0 Å². The van der Waals surface area contributed by atoms with E-state index in [0.717, 1.165) is 60.6 Å². The van der Waals surface area contributed by atoms with Crippen LogP contribution in [0.4, 0.5) is 0 Å². The van der Waals surface area contributed by atoms with Gasteiger partial charge in [-0.05, 0) is 30.7 Å². The fourth-order valence-electron chi connectivity index (χ4n) is 4.34. The predicted octanol–water partition coefficient (Wildman–Crippen LogP) is 4.01. The second-order valence-corrected chi connectivity index (χ2v) is 8.22. The molecule has 0 N–H and O–H groups in total. The summed E-state index contributed by atoms with van der Waals surface area (Å²) in [7, 11) is 3.68. The van der Waals surface area contributed by atoms with Crippen LogP contribution in [0.5, 0.6) is 5.75 Å². The zero-order valence-electron chi connectivity index (χ0n) is 18.7. The molecule has 0 spiro atoms. The van der Waals surface area contributed by atoms with Crippen molar-refractivity contribution in [3.8, 4) is 5.75 Å². The van der Waals surface area contributed by atoms with Crippen LogP contribution in [-0.4, -0.2) is 66.5 Å². The molecule has 0 amide bonds. The molecular weight excluding hydrogens is 386 g/mol. The zero-order chi connectivity index (χ0) is 21.8. The van der Waals surface area contributed by atoms with Crippen molar-refractivity contribution in [1.82, 2.24) is 14.4 Å². The molecule has 1 saturated heterocycles. The lowest BCUT2D eigenvalue weighted by atomic mass is 10.1. The fraction of sp³-hybridized carbons (Fsp3) is 0.346. The van der Waals surface area contributed by atoms with Crippen LogP contribution in [0.15, 0.2) is 54.6 Å². The van der Waals surface area contributed by atoms with Crippen molar-refractivity contribution in [3.05, 3.63) is 71.4 Å². The van der Waals surface area contributed by atoms with E-state index < -0.39 is 0 Å². The fourth-order valence-corrected chi connectivity index (χ4v) is 4.34. The van der Waals surface area contributed by atoms with Crippen LogP contribution >= 0.6 is 0 Å². The Hall–Kier alpha value is -2.89. The minimum atomic E-state index is 0.189. The van der Waals surface area contributed by atoms with Gasteiger partial charge in [0.15, 0.2) is 5.78 Å². The quantitative estimate of drug-likeness (QED) is 0.545. The van der Waals surface area contributed by atoms with Gasteiger partial charge in [0, 0.05) is 61.9 Å². The molecule has 0 saturated carbocycles. The average molecular weight is 418 g/mol. The molecule has 3 aromatic rings. The van der Waals surface area contributed by atoms with Crippen LogP contribution in [0.1, 0.15) is 21.6 Å². The highest BCUT2D eigenvalue weighted by Crippen LogP contribution is 2.29. The molecular formula is C26H31N3O2. The lowest BCUT2D eigenvalue weighted by Crippen LogP contribution is -2.47. The van der Waals surface area contributed by atoms with Gasteiger partial charge in [0.1, 0.15) is 5.75 Å². The third kappa shape index (κ3) is 4.73. The molecule has 1 aliphatic heterocycles. The smallest absolute Gasteiger partial charge is 0.179 e. The van der Waals surface area contributed by atoms with Gasteiger partial charge in [0.05, 0.1) is 13.7 Å². The first-order chi connectivity index (χ1) is 15.1. The van der Waals surface area contributed by atoms with E-state index in [1.165, 1.54) is 5.56 Å². The Balaban J connectivity index is 1.36. The van der Waals surface area contributed by atoms with Gasteiger partial charge in [-0.25, -0.2) is 0 Å². The summed E-state index contributed by atoms with van der Waals surface area (Å²) in [6.07, 6.45) is 4.40. The lowest BCUT2D eigenvalue weighted by Gasteiger charge is -2.33. The molecule has 4 rings (SSSR count). The number of benzene rings is 2. The summed E-state index contributed by atoms with van der Waals surface area (Å²) in [5, 5.41) is 0.981. The van der Waals surface area contributed by atoms with Crippen molar-refractivity contribution in [2.24, 2.45) is 7.05 Å². The van der Waals surface area contributed by atoms with Crippen molar-refractivity contribution in [1.29, 1.82) is 0 Å². The maximum absolute atomic E-state index is 13.3. The molecule has 5 nitrogen and oxygen atoms in total. The van der Waals surface area contributed by atoms with Crippen molar-refractivity contribution in [2.45, 2.75) is 6.92 Å². The van der Waals surface area contributed by atoms with E-state index >= 15 is 0 Å². The third-order valence-electron chi connectivity index (χ3n) is 6.28. The Labute approximate surface area is 184 Å². The third-order valence-corrected chi connectivity index (χ3v) is 6.28. The second-order valence-electron chi connectivity index (χ2n) is 8.22. The molecule has 1 aromatic heterocycles. The van der Waals surface area contributed by atoms with Gasteiger partial charge in [0.2, 0.25) is 0 Å². The molecule has 0 atom stereocenters. The minimum Gasteiger partial charge on any atom is -0.497 e. The number of fused-ring (bicyclic) bond motifs is 1. The molecule has 0 aliphatic carbocycles. The number of Topliss-reactive ketones (excluding diaryl/α,β-unsaturated/α-hetero) is 1. The van der Waals surface area contributed by atoms with E-state index in [2.05, 4.69) is 50.8 Å². The van der Waals surface area contributed by atoms with Gasteiger partial charge in [0.25, 0.3) is 0 Å². The number of methoxy groups -OCH3 is 1. The van der Waals surface area contributed by atoms with Gasteiger partial charge in [-0.3, -0.25) is 14.6 Å². The average Bonchev–Trinajstić information content (AvgIpc) is 3.05. The number of nitrogens with zero attached hydrogens (tertiary/aromatic N) is 3. The molecule has 0 radical (unpaired) electrons. The van der Waals surface area contributed by atoms with E-state index in [4.69, 9.17) is 4.74 Å². The molecule has 162 valence electrons. The van der Waals surface area contributed by atoms with E-state index in [0.29, 0.717) is 6.54 Å². The number of ketones is 1. The van der Waals surface area contributed by atoms with Crippen LogP contribution in [0.3, 0.4) is 0 Å². The van der Waals surface area contributed by atoms with Gasteiger partial charge in [-0.2, -0.15) is 0 Å². The molecule has 5 heteroatoms. The second kappa shape index (κ2) is 9.50. The molecule has 1 fully saturated rings. The number of carbonyl (C=O) groups is 1. The van der Waals surface area contributed by atoms with Gasteiger partial charge in [-0.15, -0.1) is 0 Å². The Morgan fingerprint density at radius 3 is 2.45 bits per heavy atom.